The molecule has 0 saturated heterocycles. The molecule has 312 valence electrons. The van der Waals surface area contributed by atoms with Gasteiger partial charge in [0, 0.05) is 6.92 Å². The summed E-state index contributed by atoms with van der Waals surface area (Å²) in [6, 6.07) is 11.3. The van der Waals surface area contributed by atoms with Gasteiger partial charge < -0.3 is 4.74 Å². The number of hydrogen-bond acceptors (Lipinski definition) is 2. The first kappa shape index (κ1) is 28.2. The summed E-state index contributed by atoms with van der Waals surface area (Å²) in [6.07, 6.45) is -0.462. The lowest BCUT2D eigenvalue weighted by atomic mass is 9.34. The van der Waals surface area contributed by atoms with E-state index in [1.165, 1.54) is 16.7 Å². The Bertz CT molecular complexity index is 7450. The first-order chi connectivity index (χ1) is 36.7. The van der Waals surface area contributed by atoms with Gasteiger partial charge in [-0.05, 0) is 337 Å². The quantitative estimate of drug-likeness (QED) is 0.128. The molecule has 0 amide bonds. The van der Waals surface area contributed by atoms with Gasteiger partial charge >= 0.3 is 5.97 Å². The molecular weight excluding hydrogens is 897 g/mol. The molecule has 2 heteroatoms. The van der Waals surface area contributed by atoms with Crippen molar-refractivity contribution in [2.75, 3.05) is 0 Å². The number of esters is 1. The summed E-state index contributed by atoms with van der Waals surface area (Å²) in [7, 11) is 0. The molecule has 0 aromatic heterocycles. The smallest absolute Gasteiger partial charge is 0.303 e. The van der Waals surface area contributed by atoms with E-state index in [2.05, 4.69) is 37.3 Å². The monoisotopic (exact) mass is 908 g/mol. The SMILES string of the molecule is CC(=O)OC1/C(=C(\C)c2ccccc2)C23c4c5c6c7c8c9c(c%10c%11c2c2c4c4c%12c5c5c6c6c8c8c%13c9c9c%10c%10c%11c%11c2c2c4c4c%12c%12c5c5c6c8c6c8c%13c9c9c%10c%10c%11c2c2c4c4c%12c5c6c5c8c9c%10c2c45)C713. The van der Waals surface area contributed by atoms with Crippen molar-refractivity contribution in [3.63, 3.8) is 0 Å². The van der Waals surface area contributed by atoms with Gasteiger partial charge in [-0.2, -0.15) is 0 Å². The van der Waals surface area contributed by atoms with E-state index < -0.39 is 16.9 Å². The summed E-state index contributed by atoms with van der Waals surface area (Å²) in [5.41, 5.74) is 8.96. The lowest BCUT2D eigenvalue weighted by Gasteiger charge is -2.67. The number of carbonyl (C=O) groups is 1. The predicted molar refractivity (Wildman–Crippen MR) is 308 cm³/mol. The van der Waals surface area contributed by atoms with Crippen LogP contribution in [0.3, 0.4) is 0 Å². The highest BCUT2D eigenvalue weighted by Gasteiger charge is 2.82. The topological polar surface area (TPSA) is 26.3 Å². The van der Waals surface area contributed by atoms with Crippen LogP contribution < -0.4 is 0 Å². The van der Waals surface area contributed by atoms with Gasteiger partial charge in [-0.1, -0.05) is 30.3 Å². The van der Waals surface area contributed by atoms with Crippen molar-refractivity contribution in [2.45, 2.75) is 30.8 Å². The fourth-order valence-electron chi connectivity index (χ4n) is 26.2. The zero-order chi connectivity index (χ0) is 44.6. The molecule has 0 N–H and O–H groups in total. The van der Waals surface area contributed by atoms with Crippen LogP contribution in [-0.4, -0.2) is 12.1 Å². The third-order valence-electron chi connectivity index (χ3n) is 26.3. The zero-order valence-corrected chi connectivity index (χ0v) is 38.3. The molecule has 1 saturated carbocycles. The van der Waals surface area contributed by atoms with Gasteiger partial charge in [-0.3, -0.25) is 4.79 Å². The van der Waals surface area contributed by atoms with E-state index in [0.717, 1.165) is 0 Å². The average molecular weight is 909 g/mol. The molecular formula is C72H12O2. The summed E-state index contributed by atoms with van der Waals surface area (Å²) in [5.74, 6) is -0.166. The van der Waals surface area contributed by atoms with Crippen LogP contribution in [0.15, 0.2) is 35.9 Å². The number of benzene rings is 19. The largest absolute Gasteiger partial charge is 0.457 e. The molecule has 1 atom stereocenters. The molecule has 5 aliphatic carbocycles. The molecule has 2 spiro atoms. The van der Waals surface area contributed by atoms with Crippen LogP contribution in [0.1, 0.15) is 41.7 Å². The van der Waals surface area contributed by atoms with E-state index in [0.29, 0.717) is 0 Å². The highest BCUT2D eigenvalue weighted by molar-refractivity contribution is 6.82. The second-order valence-corrected chi connectivity index (χ2v) is 26.7. The van der Waals surface area contributed by atoms with Crippen LogP contribution in [0.25, 0.3) is 296 Å². The number of carbonyl (C=O) groups excluding carboxylic acids is 1. The van der Waals surface area contributed by atoms with Crippen LogP contribution in [0.2, 0.25) is 0 Å². The molecule has 0 radical (unpaired) electrons. The molecule has 74 heavy (non-hydrogen) atoms. The van der Waals surface area contributed by atoms with Gasteiger partial charge in [0.2, 0.25) is 0 Å². The number of rotatable bonds is 2. The Morgan fingerprint density at radius 1 is 0.297 bits per heavy atom. The molecule has 0 heterocycles. The summed E-state index contributed by atoms with van der Waals surface area (Å²) in [6.45, 7) is 4.13. The van der Waals surface area contributed by atoms with Crippen molar-refractivity contribution in [1.29, 1.82) is 0 Å². The van der Waals surface area contributed by atoms with Crippen molar-refractivity contribution in [3.05, 3.63) is 63.7 Å². The van der Waals surface area contributed by atoms with E-state index >= 15 is 0 Å². The second-order valence-electron chi connectivity index (χ2n) is 26.7. The second kappa shape index (κ2) is 6.45. The normalized spacial score (nSPS) is 23.5. The van der Waals surface area contributed by atoms with Crippen molar-refractivity contribution < 1.29 is 9.53 Å². The molecule has 1 unspecified atom stereocenters. The molecule has 29 aromatic carbocycles. The van der Waals surface area contributed by atoms with Crippen molar-refractivity contribution in [2.24, 2.45) is 0 Å². The Hall–Kier alpha value is -9.11. The first-order valence-electron chi connectivity index (χ1n) is 27.4. The molecule has 1 fully saturated rings. The van der Waals surface area contributed by atoms with Gasteiger partial charge in [0.05, 0.1) is 10.8 Å². The molecule has 29 aromatic rings. The van der Waals surface area contributed by atoms with E-state index in [1.807, 2.05) is 0 Å². The predicted octanol–water partition coefficient (Wildman–Crippen LogP) is 18.7. The van der Waals surface area contributed by atoms with Crippen molar-refractivity contribution in [1.82, 2.24) is 0 Å². The zero-order valence-electron chi connectivity index (χ0n) is 38.3. The summed E-state index contributed by atoms with van der Waals surface area (Å²) >= 11 is 0. The summed E-state index contributed by atoms with van der Waals surface area (Å²) in [4.78, 5) is 14.6. The molecule has 0 bridgehead atoms. The van der Waals surface area contributed by atoms with Crippen molar-refractivity contribution >= 4 is 302 Å². The standard InChI is InChI=1S/C72H12O2/c1-8(10-6-4-3-5-7-10)65-70(74-9(2)73)72-68-61-55-45-37-27-19-15-12-11-13-17(19)25-33(27)47(55)53-43-35(25)29-21(13)22-14(11)18-20-16(12)24-23(15)31(37)41-42-32(24)38-28(20)34-26(18)36-30(22)40-39(29)49(43)57-58-50(40)44(36)54-48(34)56-46(38)52(42)64(63(68)51(41)45)69(72)62(56)60(54)67(58)71(65,72)66(57)59(53)61/h3-7,70H,1-2H3/b65-8-. The maximum Gasteiger partial charge on any atom is 0.303 e. The minimum absolute atomic E-state index is 0.166. The van der Waals surface area contributed by atoms with E-state index in [9.17, 15) is 4.79 Å². The fraction of sp³-hybridized carbons (Fsp3) is 0.0694. The Morgan fingerprint density at radius 3 is 0.716 bits per heavy atom. The Balaban J connectivity index is 1.15. The minimum Gasteiger partial charge on any atom is -0.457 e. The number of ether oxygens (including phenoxy) is 1. The van der Waals surface area contributed by atoms with Gasteiger partial charge in [-0.15, -0.1) is 0 Å². The highest BCUT2D eigenvalue weighted by atomic mass is 16.5. The van der Waals surface area contributed by atoms with Crippen LogP contribution >= 0.6 is 0 Å². The fourth-order valence-corrected chi connectivity index (χ4v) is 26.2. The van der Waals surface area contributed by atoms with E-state index in [4.69, 9.17) is 4.74 Å². The number of allylic oxidation sites excluding steroid dienone is 1. The summed E-state index contributed by atoms with van der Waals surface area (Å²) < 4.78 is 7.46. The summed E-state index contributed by atoms with van der Waals surface area (Å²) in [5, 5.41) is 85.9. The minimum atomic E-state index is -0.643. The Kier molecular flexibility index (Phi) is 2.46. The molecule has 2 nitrogen and oxygen atoms in total. The van der Waals surface area contributed by atoms with Gasteiger partial charge in [0.15, 0.2) is 0 Å². The third kappa shape index (κ3) is 1.51. The van der Waals surface area contributed by atoms with Crippen LogP contribution in [0.4, 0.5) is 0 Å². The highest BCUT2D eigenvalue weighted by Crippen LogP contribution is 2.89. The van der Waals surface area contributed by atoms with Gasteiger partial charge in [0.25, 0.3) is 0 Å². The lowest BCUT2D eigenvalue weighted by molar-refractivity contribution is -0.153. The van der Waals surface area contributed by atoms with Crippen LogP contribution in [0.5, 0.6) is 0 Å². The van der Waals surface area contributed by atoms with E-state index in [-0.39, 0.29) is 5.97 Å². The lowest BCUT2D eigenvalue weighted by Crippen LogP contribution is -2.72. The van der Waals surface area contributed by atoms with Gasteiger partial charge in [-0.25, -0.2) is 0 Å². The Labute approximate surface area is 404 Å². The van der Waals surface area contributed by atoms with Crippen molar-refractivity contribution in [3.8, 4) is 0 Å². The van der Waals surface area contributed by atoms with Crippen LogP contribution in [-0.2, 0) is 20.4 Å². The number of hydrogen-bond donors (Lipinski definition) is 0. The maximum atomic E-state index is 14.6. The molecule has 5 aliphatic rings. The Morgan fingerprint density at radius 2 is 0.500 bits per heavy atom. The first-order valence-corrected chi connectivity index (χ1v) is 27.4. The molecule has 0 aliphatic heterocycles. The van der Waals surface area contributed by atoms with E-state index in [1.54, 1.807) is 320 Å². The average Bonchev–Trinajstić information content (AvgIpc) is 3.57. The third-order valence-corrected chi connectivity index (χ3v) is 26.3. The maximum absolute atomic E-state index is 14.6. The molecule has 34 rings (SSSR count). The van der Waals surface area contributed by atoms with Crippen LogP contribution in [0, 0.1) is 0 Å². The van der Waals surface area contributed by atoms with Gasteiger partial charge in [0.1, 0.15) is 6.10 Å².